The summed E-state index contributed by atoms with van der Waals surface area (Å²) in [5.41, 5.74) is 5.77. The number of aliphatic hydroxyl groups is 1. The highest BCUT2D eigenvalue weighted by Gasteiger charge is 2.27. The number of thiol groups is 1. The standard InChI is InChI=1S/C23H37NO4S/c1-2-3-4-5-6-7-8-9-10-11-12-13-15-19(23(28)20(24)18-29)21(25)16-14-17-22(26)27/h6-7,9-13,15,19-21,25,29H,2-5,8,14,16-18,24H2,1H3,(H,26,27)/t19-,20?,21+/m1/s1. The summed E-state index contributed by atoms with van der Waals surface area (Å²) in [6.45, 7) is 2.19. The first kappa shape index (κ1) is 27.4. The van der Waals surface area contributed by atoms with Crippen LogP contribution in [0.25, 0.3) is 0 Å². The van der Waals surface area contributed by atoms with Crippen molar-refractivity contribution < 1.29 is 19.8 Å². The number of Topliss-reactive ketones (excluding diaryl/α,β-unsaturated/α-hetero) is 1. The number of nitrogens with two attached hydrogens (primary N) is 1. The molecular formula is C23H37NO4S. The summed E-state index contributed by atoms with van der Waals surface area (Å²) in [6, 6.07) is -0.768. The summed E-state index contributed by atoms with van der Waals surface area (Å²) >= 11 is 4.05. The third-order valence-corrected chi connectivity index (χ3v) is 4.79. The molecular weight excluding hydrogens is 386 g/mol. The van der Waals surface area contributed by atoms with Crippen molar-refractivity contribution in [3.05, 3.63) is 48.6 Å². The Kier molecular flexibility index (Phi) is 17.4. The van der Waals surface area contributed by atoms with E-state index in [4.69, 9.17) is 10.8 Å². The Bertz CT molecular complexity index is 569. The Morgan fingerprint density at radius 3 is 2.41 bits per heavy atom. The number of hydrogen-bond acceptors (Lipinski definition) is 5. The Morgan fingerprint density at radius 2 is 1.76 bits per heavy atom. The summed E-state index contributed by atoms with van der Waals surface area (Å²) in [7, 11) is 0. The van der Waals surface area contributed by atoms with Crippen molar-refractivity contribution in [3.8, 4) is 0 Å². The molecule has 4 N–H and O–H groups in total. The molecule has 0 aliphatic rings. The molecule has 0 aliphatic heterocycles. The van der Waals surface area contributed by atoms with Crippen LogP contribution in [0.3, 0.4) is 0 Å². The minimum Gasteiger partial charge on any atom is -0.481 e. The average molecular weight is 424 g/mol. The molecule has 0 aromatic heterocycles. The summed E-state index contributed by atoms with van der Waals surface area (Å²) in [6.07, 6.45) is 20.6. The van der Waals surface area contributed by atoms with Crippen LogP contribution in [0, 0.1) is 5.92 Å². The zero-order valence-corrected chi connectivity index (χ0v) is 18.3. The van der Waals surface area contributed by atoms with Crippen LogP contribution in [-0.2, 0) is 9.59 Å². The van der Waals surface area contributed by atoms with E-state index in [1.165, 1.54) is 19.3 Å². The molecule has 3 atom stereocenters. The van der Waals surface area contributed by atoms with Crippen LogP contribution in [0.1, 0.15) is 58.3 Å². The molecule has 0 spiro atoms. The van der Waals surface area contributed by atoms with Crippen LogP contribution in [0.5, 0.6) is 0 Å². The van der Waals surface area contributed by atoms with Crippen LogP contribution in [-0.4, -0.2) is 39.9 Å². The van der Waals surface area contributed by atoms with Crippen molar-refractivity contribution >= 4 is 24.4 Å². The average Bonchev–Trinajstić information content (AvgIpc) is 2.70. The largest absolute Gasteiger partial charge is 0.481 e. The maximum absolute atomic E-state index is 12.4. The van der Waals surface area contributed by atoms with Crippen LogP contribution in [0.4, 0.5) is 0 Å². The number of ketones is 1. The van der Waals surface area contributed by atoms with E-state index in [-0.39, 0.29) is 24.4 Å². The fourth-order valence-electron chi connectivity index (χ4n) is 2.67. The van der Waals surface area contributed by atoms with Gasteiger partial charge in [0.1, 0.15) is 0 Å². The molecule has 0 heterocycles. The topological polar surface area (TPSA) is 101 Å². The molecule has 0 saturated carbocycles. The van der Waals surface area contributed by atoms with Gasteiger partial charge in [-0.1, -0.05) is 68.4 Å². The highest BCUT2D eigenvalue weighted by Crippen LogP contribution is 2.16. The molecule has 6 heteroatoms. The second-order valence-corrected chi connectivity index (χ2v) is 7.34. The van der Waals surface area contributed by atoms with E-state index in [2.05, 4.69) is 31.7 Å². The molecule has 0 aromatic carbocycles. The molecule has 0 fully saturated rings. The molecule has 29 heavy (non-hydrogen) atoms. The van der Waals surface area contributed by atoms with Gasteiger partial charge < -0.3 is 15.9 Å². The van der Waals surface area contributed by atoms with Crippen LogP contribution in [0.2, 0.25) is 0 Å². The van der Waals surface area contributed by atoms with E-state index in [0.717, 1.165) is 12.8 Å². The molecule has 0 amide bonds. The monoisotopic (exact) mass is 423 g/mol. The first-order valence-corrected chi connectivity index (χ1v) is 11.0. The van der Waals surface area contributed by atoms with Gasteiger partial charge in [-0.05, 0) is 32.1 Å². The van der Waals surface area contributed by atoms with Crippen LogP contribution in [0.15, 0.2) is 48.6 Å². The van der Waals surface area contributed by atoms with Gasteiger partial charge in [0.15, 0.2) is 5.78 Å². The van der Waals surface area contributed by atoms with E-state index in [0.29, 0.717) is 6.42 Å². The lowest BCUT2D eigenvalue weighted by molar-refractivity contribution is -0.137. The molecule has 5 nitrogen and oxygen atoms in total. The second kappa shape index (κ2) is 18.4. The SMILES string of the molecule is CCCCCC=CCC=CC=CC=C[C@@H](C(=O)C(N)CS)[C@@H](O)CCCC(=O)O. The second-order valence-electron chi connectivity index (χ2n) is 6.97. The maximum Gasteiger partial charge on any atom is 0.303 e. The van der Waals surface area contributed by atoms with Crippen molar-refractivity contribution in [1.29, 1.82) is 0 Å². The number of aliphatic hydroxyl groups excluding tert-OH is 1. The van der Waals surface area contributed by atoms with E-state index >= 15 is 0 Å². The first-order chi connectivity index (χ1) is 13.9. The molecule has 164 valence electrons. The van der Waals surface area contributed by atoms with Crippen molar-refractivity contribution in [2.75, 3.05) is 5.75 Å². The number of carbonyl (C=O) groups excluding carboxylic acids is 1. The third kappa shape index (κ3) is 14.9. The zero-order valence-electron chi connectivity index (χ0n) is 17.5. The molecule has 0 aromatic rings. The summed E-state index contributed by atoms with van der Waals surface area (Å²) < 4.78 is 0. The van der Waals surface area contributed by atoms with E-state index in [1.807, 2.05) is 18.2 Å². The quantitative estimate of drug-likeness (QED) is 0.121. The van der Waals surface area contributed by atoms with Gasteiger partial charge in [-0.2, -0.15) is 12.6 Å². The predicted octanol–water partition coefficient (Wildman–Crippen LogP) is 4.24. The highest BCUT2D eigenvalue weighted by molar-refractivity contribution is 7.80. The number of carboxylic acid groups (broad SMARTS) is 1. The van der Waals surface area contributed by atoms with E-state index in [9.17, 15) is 14.7 Å². The fraction of sp³-hybridized carbons (Fsp3) is 0.565. The summed E-state index contributed by atoms with van der Waals surface area (Å²) in [4.78, 5) is 23.0. The van der Waals surface area contributed by atoms with Gasteiger partial charge in [0.05, 0.1) is 18.1 Å². The Labute approximate surface area is 180 Å². The van der Waals surface area contributed by atoms with Crippen molar-refractivity contribution in [2.45, 2.75) is 70.4 Å². The lowest BCUT2D eigenvalue weighted by Gasteiger charge is -2.21. The molecule has 0 rings (SSSR count). The number of aliphatic carboxylic acids is 1. The summed E-state index contributed by atoms with van der Waals surface area (Å²) in [5.74, 6) is -1.80. The number of carbonyl (C=O) groups is 2. The molecule has 0 bridgehead atoms. The molecule has 0 saturated heterocycles. The molecule has 0 aliphatic carbocycles. The lowest BCUT2D eigenvalue weighted by Crippen LogP contribution is -2.41. The molecule has 1 unspecified atom stereocenters. The van der Waals surface area contributed by atoms with Gasteiger partial charge in [0, 0.05) is 12.2 Å². The normalized spacial score (nSPS) is 15.6. The van der Waals surface area contributed by atoms with Crippen molar-refractivity contribution in [3.63, 3.8) is 0 Å². The smallest absolute Gasteiger partial charge is 0.303 e. The third-order valence-electron chi connectivity index (χ3n) is 4.40. The van der Waals surface area contributed by atoms with Gasteiger partial charge in [0.25, 0.3) is 0 Å². The van der Waals surface area contributed by atoms with Crippen molar-refractivity contribution in [2.24, 2.45) is 11.7 Å². The lowest BCUT2D eigenvalue weighted by atomic mass is 9.90. The van der Waals surface area contributed by atoms with Gasteiger partial charge in [-0.15, -0.1) is 0 Å². The van der Waals surface area contributed by atoms with Gasteiger partial charge in [-0.3, -0.25) is 9.59 Å². The van der Waals surface area contributed by atoms with E-state index in [1.54, 1.807) is 18.2 Å². The van der Waals surface area contributed by atoms with E-state index < -0.39 is 24.0 Å². The number of hydrogen-bond donors (Lipinski definition) is 4. The minimum absolute atomic E-state index is 0.0436. The van der Waals surface area contributed by atoms with Crippen LogP contribution >= 0.6 is 12.6 Å². The number of carboxylic acids is 1. The summed E-state index contributed by atoms with van der Waals surface area (Å²) in [5, 5.41) is 19.0. The molecule has 0 radical (unpaired) electrons. The zero-order chi connectivity index (χ0) is 21.9. The maximum atomic E-state index is 12.4. The van der Waals surface area contributed by atoms with Gasteiger partial charge >= 0.3 is 5.97 Å². The fourth-order valence-corrected chi connectivity index (χ4v) is 2.85. The predicted molar refractivity (Wildman–Crippen MR) is 123 cm³/mol. The number of rotatable bonds is 17. The number of unbranched alkanes of at least 4 members (excludes halogenated alkanes) is 3. The van der Waals surface area contributed by atoms with Crippen molar-refractivity contribution in [1.82, 2.24) is 0 Å². The number of allylic oxidation sites excluding steroid dienone is 7. The first-order valence-electron chi connectivity index (χ1n) is 10.4. The minimum atomic E-state index is -0.967. The van der Waals surface area contributed by atoms with Crippen LogP contribution < -0.4 is 5.73 Å². The Balaban J connectivity index is 4.58. The highest BCUT2D eigenvalue weighted by atomic mass is 32.1. The Hall–Kier alpha value is -1.63. The Morgan fingerprint density at radius 1 is 1.03 bits per heavy atom. The van der Waals surface area contributed by atoms with Gasteiger partial charge in [0.2, 0.25) is 0 Å². The van der Waals surface area contributed by atoms with Gasteiger partial charge in [-0.25, -0.2) is 0 Å².